The third-order valence-electron chi connectivity index (χ3n) is 5.73. The second kappa shape index (κ2) is 11.3. The van der Waals surface area contributed by atoms with Crippen LogP contribution >= 0.6 is 11.6 Å². The van der Waals surface area contributed by atoms with Crippen LogP contribution in [0.25, 0.3) is 0 Å². The topological polar surface area (TPSA) is 98.8 Å². The fraction of sp³-hybridized carbons (Fsp3) is 0.391. The SMILES string of the molecule is CN(C)c1ccc([C@H](c2nnnn2CCOC(=O)Nc2ccc(Cl)cc2)[NH+]2CCOCC2)cc1. The second-order valence-electron chi connectivity index (χ2n) is 8.22. The number of nitrogens with one attached hydrogen (secondary N) is 2. The van der Waals surface area contributed by atoms with E-state index in [-0.39, 0.29) is 12.6 Å². The molecule has 1 amide bonds. The highest BCUT2D eigenvalue weighted by molar-refractivity contribution is 6.30. The van der Waals surface area contributed by atoms with Gasteiger partial charge < -0.3 is 19.3 Å². The van der Waals surface area contributed by atoms with Crippen molar-refractivity contribution in [2.45, 2.75) is 12.6 Å². The Morgan fingerprint density at radius 1 is 1.18 bits per heavy atom. The maximum absolute atomic E-state index is 12.2. The molecule has 0 radical (unpaired) electrons. The standard InChI is InChI=1S/C23H28ClN7O3/c1-29(2)20-9-3-17(4-10-20)21(30-11-14-33-15-12-30)22-26-27-28-31(22)13-16-34-23(32)25-19-7-5-18(24)6-8-19/h3-10,21H,11-16H2,1-2H3,(H,25,32)/p+1/t21-/m1/s1. The van der Waals surface area contributed by atoms with Crippen LogP contribution in [-0.4, -0.2) is 73.3 Å². The van der Waals surface area contributed by atoms with E-state index in [0.29, 0.717) is 30.5 Å². The summed E-state index contributed by atoms with van der Waals surface area (Å²) in [6.45, 7) is 3.56. The van der Waals surface area contributed by atoms with Crippen LogP contribution in [0.2, 0.25) is 5.02 Å². The number of quaternary nitrogens is 1. The Hall–Kier alpha value is -3.21. The maximum atomic E-state index is 12.2. The molecule has 3 aromatic rings. The number of ether oxygens (including phenoxy) is 2. The molecule has 1 fully saturated rings. The number of nitrogens with zero attached hydrogens (tertiary/aromatic N) is 5. The smallest absolute Gasteiger partial charge is 0.411 e. The van der Waals surface area contributed by atoms with E-state index in [4.69, 9.17) is 21.1 Å². The summed E-state index contributed by atoms with van der Waals surface area (Å²) < 4.78 is 12.6. The van der Waals surface area contributed by atoms with Crippen molar-refractivity contribution >= 4 is 29.1 Å². The molecule has 1 atom stereocenters. The van der Waals surface area contributed by atoms with Gasteiger partial charge in [-0.2, -0.15) is 0 Å². The molecule has 11 heteroatoms. The van der Waals surface area contributed by atoms with Crippen LogP contribution in [0.3, 0.4) is 0 Å². The Bertz CT molecular complexity index is 1070. The zero-order valence-corrected chi connectivity index (χ0v) is 20.0. The Morgan fingerprint density at radius 3 is 2.56 bits per heavy atom. The fourth-order valence-electron chi connectivity index (χ4n) is 3.94. The number of tetrazole rings is 1. The van der Waals surface area contributed by atoms with Gasteiger partial charge >= 0.3 is 6.09 Å². The molecule has 2 N–H and O–H groups in total. The predicted molar refractivity (Wildman–Crippen MR) is 128 cm³/mol. The van der Waals surface area contributed by atoms with Crippen molar-refractivity contribution in [1.29, 1.82) is 0 Å². The van der Waals surface area contributed by atoms with Crippen LogP contribution in [0.4, 0.5) is 16.2 Å². The first-order chi connectivity index (χ1) is 16.5. The summed E-state index contributed by atoms with van der Waals surface area (Å²) in [5.41, 5.74) is 2.86. The number of halogens is 1. The van der Waals surface area contributed by atoms with Gasteiger partial charge in [0.1, 0.15) is 19.7 Å². The second-order valence-corrected chi connectivity index (χ2v) is 8.65. The minimum atomic E-state index is -0.549. The van der Waals surface area contributed by atoms with Crippen molar-refractivity contribution in [3.63, 3.8) is 0 Å². The number of morpholine rings is 1. The van der Waals surface area contributed by atoms with Crippen molar-refractivity contribution in [3.8, 4) is 0 Å². The number of carbonyl (C=O) groups excluding carboxylic acids is 1. The average Bonchev–Trinajstić information content (AvgIpc) is 3.30. The van der Waals surface area contributed by atoms with Gasteiger partial charge in [0, 0.05) is 36.1 Å². The van der Waals surface area contributed by atoms with Crippen LogP contribution in [0.15, 0.2) is 48.5 Å². The number of rotatable bonds is 8. The Morgan fingerprint density at radius 2 is 1.88 bits per heavy atom. The number of hydrogen-bond donors (Lipinski definition) is 2. The normalized spacial score (nSPS) is 15.0. The average molecular weight is 487 g/mol. The van der Waals surface area contributed by atoms with Crippen LogP contribution in [0, 0.1) is 0 Å². The molecule has 0 aliphatic carbocycles. The quantitative estimate of drug-likeness (QED) is 0.499. The van der Waals surface area contributed by atoms with Crippen LogP contribution in [0.5, 0.6) is 0 Å². The van der Waals surface area contributed by atoms with Gasteiger partial charge in [-0.05, 0) is 46.8 Å². The van der Waals surface area contributed by atoms with E-state index in [2.05, 4.69) is 50.0 Å². The molecule has 180 valence electrons. The summed E-state index contributed by atoms with van der Waals surface area (Å²) in [5.74, 6) is 0.733. The van der Waals surface area contributed by atoms with E-state index in [1.54, 1.807) is 28.9 Å². The van der Waals surface area contributed by atoms with Gasteiger partial charge in [0.2, 0.25) is 5.82 Å². The first-order valence-corrected chi connectivity index (χ1v) is 11.5. The Labute approximate surface area is 203 Å². The highest BCUT2D eigenvalue weighted by Crippen LogP contribution is 2.21. The van der Waals surface area contributed by atoms with Gasteiger partial charge in [0.25, 0.3) is 0 Å². The van der Waals surface area contributed by atoms with E-state index in [0.717, 1.165) is 30.2 Å². The molecule has 1 saturated heterocycles. The summed E-state index contributed by atoms with van der Waals surface area (Å²) in [6, 6.07) is 15.2. The molecule has 2 heterocycles. The molecule has 0 bridgehead atoms. The van der Waals surface area contributed by atoms with Crippen molar-refractivity contribution in [1.82, 2.24) is 20.2 Å². The molecule has 1 aliphatic rings. The molecule has 34 heavy (non-hydrogen) atoms. The predicted octanol–water partition coefficient (Wildman–Crippen LogP) is 1.65. The van der Waals surface area contributed by atoms with Crippen LogP contribution in [0.1, 0.15) is 17.4 Å². The van der Waals surface area contributed by atoms with Gasteiger partial charge in [-0.1, -0.05) is 23.7 Å². The van der Waals surface area contributed by atoms with Gasteiger partial charge in [0.05, 0.1) is 19.8 Å². The zero-order chi connectivity index (χ0) is 23.9. The summed E-state index contributed by atoms with van der Waals surface area (Å²) in [6.07, 6.45) is -0.549. The molecule has 10 nitrogen and oxygen atoms in total. The summed E-state index contributed by atoms with van der Waals surface area (Å²) in [7, 11) is 4.03. The largest absolute Gasteiger partial charge is 0.447 e. The number of benzene rings is 2. The van der Waals surface area contributed by atoms with E-state index in [9.17, 15) is 4.79 Å². The van der Waals surface area contributed by atoms with E-state index >= 15 is 0 Å². The molecule has 2 aromatic carbocycles. The van der Waals surface area contributed by atoms with Crippen molar-refractivity contribution < 1.29 is 19.2 Å². The molecular formula is C23H29ClN7O3+. The van der Waals surface area contributed by atoms with Crippen molar-refractivity contribution in [2.24, 2.45) is 0 Å². The zero-order valence-electron chi connectivity index (χ0n) is 19.3. The third kappa shape index (κ3) is 6.02. The molecule has 4 rings (SSSR count). The van der Waals surface area contributed by atoms with Gasteiger partial charge in [-0.25, -0.2) is 9.48 Å². The molecular weight excluding hydrogens is 458 g/mol. The third-order valence-corrected chi connectivity index (χ3v) is 5.98. The highest BCUT2D eigenvalue weighted by atomic mass is 35.5. The first-order valence-electron chi connectivity index (χ1n) is 11.2. The van der Waals surface area contributed by atoms with E-state index < -0.39 is 6.09 Å². The number of amides is 1. The van der Waals surface area contributed by atoms with Gasteiger partial charge in [0.15, 0.2) is 6.04 Å². The number of anilines is 2. The molecule has 1 aromatic heterocycles. The first kappa shape index (κ1) is 23.9. The minimum absolute atomic E-state index is 0.0574. The monoisotopic (exact) mass is 486 g/mol. The van der Waals surface area contributed by atoms with Gasteiger partial charge in [-0.3, -0.25) is 5.32 Å². The molecule has 0 saturated carbocycles. The lowest BCUT2D eigenvalue weighted by molar-refractivity contribution is -0.933. The molecule has 1 aliphatic heterocycles. The molecule has 0 unspecified atom stereocenters. The number of carbonyl (C=O) groups is 1. The van der Waals surface area contributed by atoms with Crippen molar-refractivity contribution in [3.05, 3.63) is 64.9 Å². The summed E-state index contributed by atoms with van der Waals surface area (Å²) in [5, 5.41) is 15.7. The Balaban J connectivity index is 1.45. The lowest BCUT2D eigenvalue weighted by Gasteiger charge is -2.31. The van der Waals surface area contributed by atoms with Crippen molar-refractivity contribution in [2.75, 3.05) is 57.2 Å². The maximum Gasteiger partial charge on any atom is 0.411 e. The fourth-order valence-corrected chi connectivity index (χ4v) is 4.07. The van der Waals surface area contributed by atoms with E-state index in [1.165, 1.54) is 4.90 Å². The summed E-state index contributed by atoms with van der Waals surface area (Å²) >= 11 is 5.87. The number of hydrogen-bond acceptors (Lipinski definition) is 7. The minimum Gasteiger partial charge on any atom is -0.447 e. The Kier molecular flexibility index (Phi) is 7.94. The molecule has 0 spiro atoms. The van der Waals surface area contributed by atoms with E-state index in [1.807, 2.05) is 14.1 Å². The highest BCUT2D eigenvalue weighted by Gasteiger charge is 2.33. The summed E-state index contributed by atoms with van der Waals surface area (Å²) in [4.78, 5) is 15.6. The lowest BCUT2D eigenvalue weighted by atomic mass is 10.0. The van der Waals surface area contributed by atoms with Crippen LogP contribution < -0.4 is 15.1 Å². The lowest BCUT2D eigenvalue weighted by Crippen LogP contribution is -3.14. The number of aromatic nitrogens is 4. The van der Waals surface area contributed by atoms with Gasteiger partial charge in [-0.15, -0.1) is 5.10 Å². The van der Waals surface area contributed by atoms with Crippen LogP contribution in [-0.2, 0) is 16.0 Å².